The van der Waals surface area contributed by atoms with Gasteiger partial charge in [0.25, 0.3) is 5.91 Å². The van der Waals surface area contributed by atoms with E-state index in [4.69, 9.17) is 4.74 Å². The molecule has 4 aromatic carbocycles. The van der Waals surface area contributed by atoms with E-state index in [9.17, 15) is 24.6 Å². The maximum atomic E-state index is 14.2. The molecule has 4 N–H and O–H groups in total. The topological polar surface area (TPSA) is 128 Å². The van der Waals surface area contributed by atoms with Gasteiger partial charge in [0, 0.05) is 18.7 Å². The Morgan fingerprint density at radius 3 is 2.19 bits per heavy atom. The lowest BCUT2D eigenvalue weighted by atomic mass is 10.00. The Bertz CT molecular complexity index is 1600. The van der Waals surface area contributed by atoms with Crippen LogP contribution in [-0.4, -0.2) is 51.2 Å². The van der Waals surface area contributed by atoms with Gasteiger partial charge < -0.3 is 30.5 Å². The molecular formula is C34H37N3O6. The van der Waals surface area contributed by atoms with Gasteiger partial charge in [-0.3, -0.25) is 9.59 Å². The number of nitrogens with zero attached hydrogens (tertiary/aromatic N) is 1. The maximum absolute atomic E-state index is 14.2. The quantitative estimate of drug-likeness (QED) is 0.194. The molecule has 0 aliphatic rings. The third-order valence-electron chi connectivity index (χ3n) is 6.75. The van der Waals surface area contributed by atoms with Crippen molar-refractivity contribution in [3.63, 3.8) is 0 Å². The molecule has 9 nitrogen and oxygen atoms in total. The van der Waals surface area contributed by atoms with Gasteiger partial charge in [-0.05, 0) is 86.0 Å². The third-order valence-corrected chi connectivity index (χ3v) is 6.75. The summed E-state index contributed by atoms with van der Waals surface area (Å²) in [7, 11) is 0. The molecule has 0 aliphatic heterocycles. The van der Waals surface area contributed by atoms with Crippen LogP contribution in [0.4, 0.5) is 10.5 Å². The number of alkyl carbamates (subject to hydrolysis) is 1. The van der Waals surface area contributed by atoms with Crippen molar-refractivity contribution >= 4 is 34.4 Å². The molecule has 224 valence electrons. The van der Waals surface area contributed by atoms with Crippen LogP contribution in [0.3, 0.4) is 0 Å². The number of hydrogen-bond donors (Lipinski definition) is 4. The third kappa shape index (κ3) is 8.25. The van der Waals surface area contributed by atoms with Gasteiger partial charge in [-0.2, -0.15) is 0 Å². The number of ether oxygens (including phenoxy) is 1. The van der Waals surface area contributed by atoms with E-state index in [0.29, 0.717) is 16.8 Å². The standard InChI is InChI=1S/C34H37N3O6/c1-5-37(32(41)29(36-33(42)43-34(2,3)4)19-22-13-17-27(38)18-14-22)30(25-11-8-12-28(39)21-25)31(40)35-26-16-15-23-9-6-7-10-24(23)20-26/h6-18,20-21,29-30,38-39H,5,19H2,1-4H3,(H,35,40)(H,36,42). The zero-order chi connectivity index (χ0) is 31.1. The van der Waals surface area contributed by atoms with Gasteiger partial charge in [-0.25, -0.2) is 4.79 Å². The molecule has 0 aromatic heterocycles. The summed E-state index contributed by atoms with van der Waals surface area (Å²) in [5, 5.41) is 27.6. The molecular weight excluding hydrogens is 546 g/mol. The van der Waals surface area contributed by atoms with Crippen LogP contribution in [0, 0.1) is 0 Å². The van der Waals surface area contributed by atoms with Crippen molar-refractivity contribution in [2.24, 2.45) is 0 Å². The van der Waals surface area contributed by atoms with Crippen molar-refractivity contribution < 1.29 is 29.3 Å². The van der Waals surface area contributed by atoms with Gasteiger partial charge in [-0.15, -0.1) is 0 Å². The second kappa shape index (κ2) is 13.3. The summed E-state index contributed by atoms with van der Waals surface area (Å²) in [6, 6.07) is 23.5. The number of carbonyl (C=O) groups excluding carboxylic acids is 3. The molecule has 0 radical (unpaired) electrons. The monoisotopic (exact) mass is 583 g/mol. The maximum Gasteiger partial charge on any atom is 0.408 e. The van der Waals surface area contributed by atoms with Crippen LogP contribution in [0.15, 0.2) is 91.0 Å². The van der Waals surface area contributed by atoms with Crippen molar-refractivity contribution in [2.45, 2.75) is 51.8 Å². The molecule has 3 amide bonds. The summed E-state index contributed by atoms with van der Waals surface area (Å²) in [6.45, 7) is 7.01. The Kier molecular flexibility index (Phi) is 9.55. The second-order valence-electron chi connectivity index (χ2n) is 11.2. The van der Waals surface area contributed by atoms with Crippen LogP contribution in [0.1, 0.15) is 44.9 Å². The predicted molar refractivity (Wildman–Crippen MR) is 166 cm³/mol. The summed E-state index contributed by atoms with van der Waals surface area (Å²) >= 11 is 0. The molecule has 4 aromatic rings. The van der Waals surface area contributed by atoms with E-state index in [-0.39, 0.29) is 24.5 Å². The lowest BCUT2D eigenvalue weighted by Gasteiger charge is -2.34. The summed E-state index contributed by atoms with van der Waals surface area (Å²) in [6.07, 6.45) is -0.705. The Morgan fingerprint density at radius 1 is 0.837 bits per heavy atom. The van der Waals surface area contributed by atoms with Crippen molar-refractivity contribution in [3.8, 4) is 11.5 Å². The van der Waals surface area contributed by atoms with Crippen LogP contribution in [0.25, 0.3) is 10.8 Å². The Balaban J connectivity index is 1.69. The molecule has 0 spiro atoms. The number of aromatic hydroxyl groups is 2. The average Bonchev–Trinajstić information content (AvgIpc) is 2.95. The molecule has 43 heavy (non-hydrogen) atoms. The first-order chi connectivity index (χ1) is 20.4. The molecule has 9 heteroatoms. The SMILES string of the molecule is CCN(C(=O)C(Cc1ccc(O)cc1)NC(=O)OC(C)(C)C)C(C(=O)Nc1ccc2ccccc2c1)c1cccc(O)c1. The molecule has 4 rings (SSSR count). The first kappa shape index (κ1) is 30.9. The van der Waals surface area contributed by atoms with Crippen LogP contribution < -0.4 is 10.6 Å². The highest BCUT2D eigenvalue weighted by Crippen LogP contribution is 2.28. The summed E-state index contributed by atoms with van der Waals surface area (Å²) < 4.78 is 5.44. The fraction of sp³-hybridized carbons (Fsp3) is 0.265. The lowest BCUT2D eigenvalue weighted by Crippen LogP contribution is -2.53. The normalized spacial score (nSPS) is 12.7. The zero-order valence-corrected chi connectivity index (χ0v) is 24.7. The van der Waals surface area contributed by atoms with Crippen LogP contribution >= 0.6 is 0 Å². The number of phenols is 2. The van der Waals surface area contributed by atoms with Gasteiger partial charge in [0.15, 0.2) is 0 Å². The number of likely N-dealkylation sites (N-methyl/N-ethyl adjacent to an activating group) is 1. The number of anilines is 1. The highest BCUT2D eigenvalue weighted by Gasteiger charge is 2.36. The summed E-state index contributed by atoms with van der Waals surface area (Å²) in [5.74, 6) is -1.01. The van der Waals surface area contributed by atoms with Crippen LogP contribution in [-0.2, 0) is 20.7 Å². The second-order valence-corrected chi connectivity index (χ2v) is 11.2. The first-order valence-corrected chi connectivity index (χ1v) is 14.1. The number of nitrogens with one attached hydrogen (secondary N) is 2. The molecule has 0 bridgehead atoms. The molecule has 2 unspecified atom stereocenters. The Morgan fingerprint density at radius 2 is 1.53 bits per heavy atom. The van der Waals surface area contributed by atoms with Crippen molar-refractivity contribution in [3.05, 3.63) is 102 Å². The molecule has 2 atom stereocenters. The first-order valence-electron chi connectivity index (χ1n) is 14.1. The Labute approximate surface area is 251 Å². The van der Waals surface area contributed by atoms with E-state index in [0.717, 1.165) is 10.8 Å². The molecule has 0 saturated heterocycles. The van der Waals surface area contributed by atoms with E-state index in [2.05, 4.69) is 10.6 Å². The van der Waals surface area contributed by atoms with Gasteiger partial charge in [0.2, 0.25) is 5.91 Å². The van der Waals surface area contributed by atoms with Crippen molar-refractivity contribution in [2.75, 3.05) is 11.9 Å². The van der Waals surface area contributed by atoms with Gasteiger partial charge in [-0.1, -0.05) is 54.6 Å². The fourth-order valence-corrected chi connectivity index (χ4v) is 4.83. The number of amides is 3. The van der Waals surface area contributed by atoms with Crippen LogP contribution in [0.5, 0.6) is 11.5 Å². The van der Waals surface area contributed by atoms with Crippen molar-refractivity contribution in [1.82, 2.24) is 10.2 Å². The highest BCUT2D eigenvalue weighted by atomic mass is 16.6. The van der Waals surface area contributed by atoms with Gasteiger partial charge in [0.05, 0.1) is 0 Å². The molecule has 0 aliphatic carbocycles. The molecule has 0 heterocycles. The predicted octanol–water partition coefficient (Wildman–Crippen LogP) is 5.92. The van der Waals surface area contributed by atoms with Gasteiger partial charge >= 0.3 is 6.09 Å². The number of carbonyl (C=O) groups is 3. The van der Waals surface area contributed by atoms with Gasteiger partial charge in [0.1, 0.15) is 29.2 Å². The minimum absolute atomic E-state index is 0.0583. The number of rotatable bonds is 9. The lowest BCUT2D eigenvalue weighted by molar-refractivity contribution is -0.140. The van der Waals surface area contributed by atoms with Crippen molar-refractivity contribution in [1.29, 1.82) is 0 Å². The van der Waals surface area contributed by atoms with E-state index in [1.807, 2.05) is 36.4 Å². The number of benzene rings is 4. The number of hydrogen-bond acceptors (Lipinski definition) is 6. The minimum Gasteiger partial charge on any atom is -0.508 e. The van der Waals surface area contributed by atoms with E-state index in [1.54, 1.807) is 58.0 Å². The number of fused-ring (bicyclic) bond motifs is 1. The van der Waals surface area contributed by atoms with E-state index < -0.39 is 35.6 Å². The number of phenolic OH excluding ortho intramolecular Hbond substituents is 2. The van der Waals surface area contributed by atoms with E-state index in [1.165, 1.54) is 29.2 Å². The molecule has 0 fully saturated rings. The zero-order valence-electron chi connectivity index (χ0n) is 24.7. The fourth-order valence-electron chi connectivity index (χ4n) is 4.83. The van der Waals surface area contributed by atoms with Crippen LogP contribution in [0.2, 0.25) is 0 Å². The largest absolute Gasteiger partial charge is 0.508 e. The molecule has 0 saturated carbocycles. The highest BCUT2D eigenvalue weighted by molar-refractivity contribution is 6.00. The Hall–Kier alpha value is -5.05. The summed E-state index contributed by atoms with van der Waals surface area (Å²) in [4.78, 5) is 42.4. The smallest absolute Gasteiger partial charge is 0.408 e. The minimum atomic E-state index is -1.14. The summed E-state index contributed by atoms with van der Waals surface area (Å²) in [5.41, 5.74) is 0.821. The average molecular weight is 584 g/mol. The van der Waals surface area contributed by atoms with E-state index >= 15 is 0 Å².